The van der Waals surface area contributed by atoms with Gasteiger partial charge in [0.2, 0.25) is 5.91 Å². The summed E-state index contributed by atoms with van der Waals surface area (Å²) < 4.78 is 13.4. The SMILES string of the molecule is C[C@@H]1CN(CC(=O)N2CC(C)(C)c3nnc(Cc4ccc(F)cc4)cc32)[C@@H](CN2Cc3ncccc3C2=O)CN1. The van der Waals surface area contributed by atoms with Crippen LogP contribution in [0.15, 0.2) is 48.7 Å². The number of hydrogen-bond donors (Lipinski definition) is 1. The standard InChI is InChI=1S/C30H34FN7O2/c1-19-14-36(23(13-33-19)15-37-16-25-24(29(37)40)5-4-10-32-25)17-27(39)38-18-30(2,3)28-26(38)12-22(34-35-28)11-20-6-8-21(31)9-7-20/h4-10,12,19,23,33H,11,13-18H2,1-3H3/t19-,23-/m1/s1. The number of rotatable bonds is 6. The van der Waals surface area contributed by atoms with Crippen LogP contribution in [0, 0.1) is 5.82 Å². The molecule has 1 aromatic carbocycles. The number of nitrogens with one attached hydrogen (secondary N) is 1. The average molecular weight is 544 g/mol. The Kier molecular flexibility index (Phi) is 6.83. The van der Waals surface area contributed by atoms with Crippen LogP contribution in [-0.4, -0.2) is 81.6 Å². The minimum Gasteiger partial charge on any atom is -0.331 e. The predicted octanol–water partition coefficient (Wildman–Crippen LogP) is 2.54. The van der Waals surface area contributed by atoms with E-state index >= 15 is 0 Å². The number of carbonyl (C=O) groups is 2. The van der Waals surface area contributed by atoms with Crippen molar-refractivity contribution in [2.75, 3.05) is 37.6 Å². The highest BCUT2D eigenvalue weighted by Gasteiger charge is 2.42. The van der Waals surface area contributed by atoms with E-state index in [0.29, 0.717) is 44.7 Å². The van der Waals surface area contributed by atoms with Gasteiger partial charge in [0.1, 0.15) is 5.82 Å². The van der Waals surface area contributed by atoms with Crippen molar-refractivity contribution in [2.24, 2.45) is 0 Å². The van der Waals surface area contributed by atoms with Crippen molar-refractivity contribution >= 4 is 17.5 Å². The molecule has 0 saturated carbocycles. The first-order chi connectivity index (χ1) is 19.2. The van der Waals surface area contributed by atoms with Gasteiger partial charge in [0.25, 0.3) is 5.91 Å². The lowest BCUT2D eigenvalue weighted by Crippen LogP contribution is -2.60. The molecule has 40 heavy (non-hydrogen) atoms. The number of anilines is 1. The van der Waals surface area contributed by atoms with Gasteiger partial charge in [0.05, 0.1) is 41.4 Å². The summed E-state index contributed by atoms with van der Waals surface area (Å²) in [5, 5.41) is 12.5. The molecule has 5 heterocycles. The van der Waals surface area contributed by atoms with Gasteiger partial charge in [-0.1, -0.05) is 26.0 Å². The molecular formula is C30H34FN7O2. The van der Waals surface area contributed by atoms with Crippen molar-refractivity contribution in [3.63, 3.8) is 0 Å². The van der Waals surface area contributed by atoms with Gasteiger partial charge < -0.3 is 15.1 Å². The molecule has 3 aliphatic rings. The van der Waals surface area contributed by atoms with E-state index < -0.39 is 0 Å². The second-order valence-electron chi connectivity index (χ2n) is 11.8. The molecule has 9 nitrogen and oxygen atoms in total. The zero-order valence-corrected chi connectivity index (χ0v) is 23.1. The maximum Gasteiger partial charge on any atom is 0.256 e. The molecule has 3 aromatic rings. The zero-order valence-electron chi connectivity index (χ0n) is 23.1. The van der Waals surface area contributed by atoms with Gasteiger partial charge in [0.15, 0.2) is 0 Å². The lowest BCUT2D eigenvalue weighted by molar-refractivity contribution is -0.120. The Morgan fingerprint density at radius 3 is 2.75 bits per heavy atom. The quantitative estimate of drug-likeness (QED) is 0.511. The van der Waals surface area contributed by atoms with E-state index in [1.54, 1.807) is 24.4 Å². The van der Waals surface area contributed by atoms with Gasteiger partial charge >= 0.3 is 0 Å². The smallest absolute Gasteiger partial charge is 0.256 e. The van der Waals surface area contributed by atoms with Gasteiger partial charge in [-0.2, -0.15) is 10.2 Å². The Hall–Kier alpha value is -3.76. The molecule has 10 heteroatoms. The molecule has 1 saturated heterocycles. The summed E-state index contributed by atoms with van der Waals surface area (Å²) in [6, 6.07) is 12.1. The van der Waals surface area contributed by atoms with Crippen LogP contribution in [0.3, 0.4) is 0 Å². The van der Waals surface area contributed by atoms with E-state index in [1.165, 1.54) is 12.1 Å². The molecular weight excluding hydrogens is 509 g/mol. The monoisotopic (exact) mass is 543 g/mol. The lowest BCUT2D eigenvalue weighted by atomic mass is 9.91. The van der Waals surface area contributed by atoms with Crippen LogP contribution in [0.4, 0.5) is 10.1 Å². The third-order valence-electron chi connectivity index (χ3n) is 8.15. The Morgan fingerprint density at radius 1 is 1.18 bits per heavy atom. The fourth-order valence-electron chi connectivity index (χ4n) is 6.03. The molecule has 3 aliphatic heterocycles. The van der Waals surface area contributed by atoms with Crippen molar-refractivity contribution < 1.29 is 14.0 Å². The van der Waals surface area contributed by atoms with Crippen molar-refractivity contribution in [2.45, 2.75) is 51.2 Å². The van der Waals surface area contributed by atoms with E-state index in [9.17, 15) is 14.0 Å². The summed E-state index contributed by atoms with van der Waals surface area (Å²) in [6.45, 7) is 9.45. The number of nitrogens with zero attached hydrogens (tertiary/aromatic N) is 6. The summed E-state index contributed by atoms with van der Waals surface area (Å²) in [4.78, 5) is 37.1. The number of amides is 2. The Balaban J connectivity index is 1.19. The molecule has 2 atom stereocenters. The highest BCUT2D eigenvalue weighted by atomic mass is 19.1. The van der Waals surface area contributed by atoms with Crippen LogP contribution in [0.5, 0.6) is 0 Å². The summed E-state index contributed by atoms with van der Waals surface area (Å²) in [7, 11) is 0. The normalized spacial score (nSPS) is 21.9. The second kappa shape index (κ2) is 10.3. The van der Waals surface area contributed by atoms with Crippen molar-refractivity contribution in [3.8, 4) is 0 Å². The molecule has 0 radical (unpaired) electrons. The predicted molar refractivity (Wildman–Crippen MR) is 148 cm³/mol. The number of benzene rings is 1. The molecule has 1 N–H and O–H groups in total. The van der Waals surface area contributed by atoms with Crippen LogP contribution in [-0.2, 0) is 23.2 Å². The maximum atomic E-state index is 13.9. The van der Waals surface area contributed by atoms with E-state index in [2.05, 4.69) is 46.2 Å². The molecule has 2 amide bonds. The Labute approximate surface area is 233 Å². The third-order valence-corrected chi connectivity index (χ3v) is 8.15. The third kappa shape index (κ3) is 5.09. The first-order valence-corrected chi connectivity index (χ1v) is 13.8. The first-order valence-electron chi connectivity index (χ1n) is 13.8. The van der Waals surface area contributed by atoms with Gasteiger partial charge in [-0.3, -0.25) is 19.5 Å². The number of hydrogen-bond acceptors (Lipinski definition) is 7. The Morgan fingerprint density at radius 2 is 1.98 bits per heavy atom. The number of carbonyl (C=O) groups excluding carboxylic acids is 2. The molecule has 2 aromatic heterocycles. The van der Waals surface area contributed by atoms with Gasteiger partial charge in [-0.05, 0) is 42.8 Å². The molecule has 1 fully saturated rings. The van der Waals surface area contributed by atoms with Crippen LogP contribution in [0.2, 0.25) is 0 Å². The van der Waals surface area contributed by atoms with E-state index in [0.717, 1.165) is 28.3 Å². The van der Waals surface area contributed by atoms with Crippen LogP contribution in [0.1, 0.15) is 53.8 Å². The molecule has 6 rings (SSSR count). The fourth-order valence-corrected chi connectivity index (χ4v) is 6.03. The molecule has 0 spiro atoms. The number of pyridine rings is 1. The lowest BCUT2D eigenvalue weighted by Gasteiger charge is -2.41. The van der Waals surface area contributed by atoms with Crippen molar-refractivity contribution in [1.29, 1.82) is 0 Å². The van der Waals surface area contributed by atoms with E-state index in [-0.39, 0.29) is 41.7 Å². The van der Waals surface area contributed by atoms with Crippen LogP contribution in [0.25, 0.3) is 0 Å². The van der Waals surface area contributed by atoms with Crippen LogP contribution < -0.4 is 10.2 Å². The van der Waals surface area contributed by atoms with Gasteiger partial charge in [-0.25, -0.2) is 4.39 Å². The van der Waals surface area contributed by atoms with Gasteiger partial charge in [0, 0.05) is 56.3 Å². The minimum absolute atomic E-state index is 0.00176. The first kappa shape index (κ1) is 26.5. The van der Waals surface area contributed by atoms with Gasteiger partial charge in [-0.15, -0.1) is 0 Å². The summed E-state index contributed by atoms with van der Waals surface area (Å²) >= 11 is 0. The maximum absolute atomic E-state index is 13.9. The van der Waals surface area contributed by atoms with E-state index in [1.807, 2.05) is 21.9 Å². The second-order valence-corrected chi connectivity index (χ2v) is 11.8. The Bertz CT molecular complexity index is 1440. The zero-order chi connectivity index (χ0) is 28.0. The summed E-state index contributed by atoms with van der Waals surface area (Å²) in [6.07, 6.45) is 2.22. The largest absolute Gasteiger partial charge is 0.331 e. The van der Waals surface area contributed by atoms with Crippen molar-refractivity contribution in [1.82, 2.24) is 30.3 Å². The molecule has 0 bridgehead atoms. The summed E-state index contributed by atoms with van der Waals surface area (Å²) in [5.74, 6) is -0.280. The fraction of sp³-hybridized carbons (Fsp3) is 0.433. The number of halogens is 1. The molecule has 0 unspecified atom stereocenters. The minimum atomic E-state index is -0.330. The number of piperazine rings is 1. The highest BCUT2D eigenvalue weighted by molar-refractivity contribution is 5.98. The average Bonchev–Trinajstić information content (AvgIpc) is 3.39. The number of aromatic nitrogens is 3. The number of fused-ring (bicyclic) bond motifs is 2. The van der Waals surface area contributed by atoms with Crippen LogP contribution >= 0.6 is 0 Å². The molecule has 208 valence electrons. The highest BCUT2D eigenvalue weighted by Crippen LogP contribution is 2.39. The summed E-state index contributed by atoms with van der Waals surface area (Å²) in [5.41, 5.74) is 4.40. The van der Waals surface area contributed by atoms with Crippen molar-refractivity contribution in [3.05, 3.63) is 82.7 Å². The topological polar surface area (TPSA) is 94.6 Å². The van der Waals surface area contributed by atoms with E-state index in [4.69, 9.17) is 0 Å². The molecule has 0 aliphatic carbocycles.